The Labute approximate surface area is 125 Å². The summed E-state index contributed by atoms with van der Waals surface area (Å²) in [7, 11) is 2.32. The summed E-state index contributed by atoms with van der Waals surface area (Å²) in [6.07, 6.45) is 0.798. The van der Waals surface area contributed by atoms with E-state index in [1.807, 2.05) is 30.3 Å². The molecule has 0 aliphatic heterocycles. The van der Waals surface area contributed by atoms with Gasteiger partial charge in [0.2, 0.25) is 5.82 Å². The Bertz CT molecular complexity index is 537. The summed E-state index contributed by atoms with van der Waals surface area (Å²) in [6.45, 7) is 0.644. The molecule has 0 bridgehead atoms. The first-order valence-corrected chi connectivity index (χ1v) is 8.65. The van der Waals surface area contributed by atoms with Gasteiger partial charge in [-0.05, 0) is 11.6 Å². The average Bonchev–Trinajstić information content (AvgIpc) is 3.02. The van der Waals surface area contributed by atoms with Gasteiger partial charge in [-0.3, -0.25) is 0 Å². The Kier molecular flexibility index (Phi) is 5.57. The van der Waals surface area contributed by atoms with Crippen molar-refractivity contribution in [3.05, 3.63) is 30.3 Å². The maximum absolute atomic E-state index is 5.38. The van der Waals surface area contributed by atoms with Gasteiger partial charge in [-0.15, -0.1) is 10.2 Å². The lowest BCUT2D eigenvalue weighted by Gasteiger charge is -2.23. The van der Waals surface area contributed by atoms with Gasteiger partial charge in [0.15, 0.2) is 0 Å². The second kappa shape index (κ2) is 7.41. The first kappa shape index (κ1) is 15.8. The zero-order chi connectivity index (χ0) is 15.1. The van der Waals surface area contributed by atoms with Gasteiger partial charge in [0.05, 0.1) is 6.54 Å². The van der Waals surface area contributed by atoms with Crippen molar-refractivity contribution in [2.24, 2.45) is 0 Å². The Hall–Kier alpha value is -1.61. The molecule has 2 rings (SSSR count). The highest BCUT2D eigenvalue weighted by Crippen LogP contribution is 2.16. The summed E-state index contributed by atoms with van der Waals surface area (Å²) in [5.41, 5.74) is 0.957. The summed E-state index contributed by atoms with van der Waals surface area (Å²) in [5.74, 6) is 0.629. The minimum atomic E-state index is -2.52. The van der Waals surface area contributed by atoms with Crippen LogP contribution in [-0.2, 0) is 19.8 Å². The quantitative estimate of drug-likeness (QED) is 0.690. The van der Waals surface area contributed by atoms with E-state index in [2.05, 4.69) is 15.4 Å². The highest BCUT2D eigenvalue weighted by atomic mass is 28.4. The van der Waals surface area contributed by atoms with Crippen molar-refractivity contribution in [3.8, 4) is 11.4 Å². The van der Waals surface area contributed by atoms with Crippen molar-refractivity contribution in [3.63, 3.8) is 0 Å². The van der Waals surface area contributed by atoms with Crippen LogP contribution in [0.25, 0.3) is 11.4 Å². The van der Waals surface area contributed by atoms with Gasteiger partial charge in [-0.25, -0.2) is 0 Å². The first-order valence-electron chi connectivity index (χ1n) is 6.71. The van der Waals surface area contributed by atoms with Crippen LogP contribution in [0.4, 0.5) is 0 Å². The molecular formula is C13H20N4O3Si. The number of rotatable bonds is 8. The minimum absolute atomic E-state index is 0.629. The highest BCUT2D eigenvalue weighted by molar-refractivity contribution is 6.60. The van der Waals surface area contributed by atoms with Crippen LogP contribution in [-0.4, -0.2) is 50.3 Å². The van der Waals surface area contributed by atoms with Crippen molar-refractivity contribution >= 4 is 8.80 Å². The Balaban J connectivity index is 1.92. The summed E-state index contributed by atoms with van der Waals surface area (Å²) < 4.78 is 16.1. The summed E-state index contributed by atoms with van der Waals surface area (Å²) in [6, 6.07) is 10.5. The predicted octanol–water partition coefficient (Wildman–Crippen LogP) is 1.61. The molecule has 0 saturated heterocycles. The number of benzene rings is 1. The van der Waals surface area contributed by atoms with Gasteiger partial charge in [-0.2, -0.15) is 4.80 Å². The summed E-state index contributed by atoms with van der Waals surface area (Å²) >= 11 is 0. The van der Waals surface area contributed by atoms with Crippen LogP contribution in [0, 0.1) is 0 Å². The standard InChI is InChI=1S/C13H20N4O3Si/c1-18-21(19-2,20-3)11-7-10-17-15-13(14-16-17)12-8-5-4-6-9-12/h4-6,8-9H,7,10-11H2,1-3H3. The molecule has 1 aromatic heterocycles. The van der Waals surface area contributed by atoms with E-state index in [-0.39, 0.29) is 0 Å². The number of hydrogen-bond donors (Lipinski definition) is 0. The van der Waals surface area contributed by atoms with E-state index in [1.165, 1.54) is 0 Å². The molecule has 0 unspecified atom stereocenters. The summed E-state index contributed by atoms with van der Waals surface area (Å²) in [4.78, 5) is 1.59. The molecule has 0 spiro atoms. The first-order chi connectivity index (χ1) is 10.2. The van der Waals surface area contributed by atoms with Crippen LogP contribution < -0.4 is 0 Å². The zero-order valence-corrected chi connectivity index (χ0v) is 13.5. The van der Waals surface area contributed by atoms with Gasteiger partial charge >= 0.3 is 8.80 Å². The normalized spacial score (nSPS) is 11.8. The molecule has 21 heavy (non-hydrogen) atoms. The fraction of sp³-hybridized carbons (Fsp3) is 0.462. The van der Waals surface area contributed by atoms with Gasteiger partial charge < -0.3 is 13.3 Å². The van der Waals surface area contributed by atoms with Crippen molar-refractivity contribution in [1.29, 1.82) is 0 Å². The Morgan fingerprint density at radius 2 is 1.71 bits per heavy atom. The molecule has 0 radical (unpaired) electrons. The third-order valence-electron chi connectivity index (χ3n) is 3.26. The minimum Gasteiger partial charge on any atom is -0.377 e. The molecule has 0 saturated carbocycles. The molecule has 0 aliphatic carbocycles. The number of nitrogens with zero attached hydrogens (tertiary/aromatic N) is 4. The third-order valence-corrected chi connectivity index (χ3v) is 6.09. The van der Waals surface area contributed by atoms with E-state index in [0.29, 0.717) is 18.4 Å². The van der Waals surface area contributed by atoms with Crippen LogP contribution in [0.3, 0.4) is 0 Å². The molecule has 8 heteroatoms. The van der Waals surface area contributed by atoms with Crippen molar-refractivity contribution in [2.45, 2.75) is 19.0 Å². The van der Waals surface area contributed by atoms with Crippen LogP contribution in [0.15, 0.2) is 30.3 Å². The molecule has 0 amide bonds. The third kappa shape index (κ3) is 3.94. The van der Waals surface area contributed by atoms with Gasteiger partial charge in [0.25, 0.3) is 0 Å². The van der Waals surface area contributed by atoms with Crippen LogP contribution in [0.1, 0.15) is 6.42 Å². The summed E-state index contributed by atoms with van der Waals surface area (Å²) in [5, 5.41) is 12.5. The van der Waals surface area contributed by atoms with Crippen molar-refractivity contribution in [2.75, 3.05) is 21.3 Å². The van der Waals surface area contributed by atoms with E-state index in [0.717, 1.165) is 12.0 Å². The van der Waals surface area contributed by atoms with Gasteiger partial charge in [-0.1, -0.05) is 30.3 Å². The fourth-order valence-corrected chi connectivity index (χ4v) is 3.74. The molecule has 0 atom stereocenters. The lowest BCUT2D eigenvalue weighted by atomic mass is 10.2. The zero-order valence-electron chi connectivity index (χ0n) is 12.5. The lowest BCUT2D eigenvalue weighted by Crippen LogP contribution is -2.42. The Morgan fingerprint density at radius 3 is 2.33 bits per heavy atom. The molecule has 0 aliphatic rings. The topological polar surface area (TPSA) is 71.3 Å². The highest BCUT2D eigenvalue weighted by Gasteiger charge is 2.36. The van der Waals surface area contributed by atoms with E-state index < -0.39 is 8.80 Å². The van der Waals surface area contributed by atoms with Crippen LogP contribution >= 0.6 is 0 Å². The van der Waals surface area contributed by atoms with Crippen molar-refractivity contribution < 1.29 is 13.3 Å². The van der Waals surface area contributed by atoms with Gasteiger partial charge in [0.1, 0.15) is 0 Å². The van der Waals surface area contributed by atoms with Crippen LogP contribution in [0.5, 0.6) is 0 Å². The lowest BCUT2D eigenvalue weighted by molar-refractivity contribution is 0.122. The van der Waals surface area contributed by atoms with E-state index in [1.54, 1.807) is 26.1 Å². The largest absolute Gasteiger partial charge is 0.500 e. The Morgan fingerprint density at radius 1 is 1.05 bits per heavy atom. The number of tetrazole rings is 1. The van der Waals surface area contributed by atoms with Gasteiger partial charge in [0, 0.05) is 32.9 Å². The number of aromatic nitrogens is 4. The van der Waals surface area contributed by atoms with Crippen LogP contribution in [0.2, 0.25) is 6.04 Å². The fourth-order valence-electron chi connectivity index (χ4n) is 2.03. The second-order valence-electron chi connectivity index (χ2n) is 4.47. The van der Waals surface area contributed by atoms with E-state index in [9.17, 15) is 0 Å². The predicted molar refractivity (Wildman–Crippen MR) is 79.5 cm³/mol. The molecule has 1 heterocycles. The second-order valence-corrected chi connectivity index (χ2v) is 7.56. The maximum Gasteiger partial charge on any atom is 0.500 e. The molecular weight excluding hydrogens is 288 g/mol. The smallest absolute Gasteiger partial charge is 0.377 e. The van der Waals surface area contributed by atoms with E-state index >= 15 is 0 Å². The monoisotopic (exact) mass is 308 g/mol. The number of hydrogen-bond acceptors (Lipinski definition) is 6. The van der Waals surface area contributed by atoms with E-state index in [4.69, 9.17) is 13.3 Å². The number of aryl methyl sites for hydroxylation is 1. The molecule has 2 aromatic rings. The molecule has 0 fully saturated rings. The molecule has 1 aromatic carbocycles. The molecule has 0 N–H and O–H groups in total. The van der Waals surface area contributed by atoms with Crippen molar-refractivity contribution in [1.82, 2.24) is 20.2 Å². The molecule has 7 nitrogen and oxygen atoms in total. The SMILES string of the molecule is CO[Si](CCCn1nnc(-c2ccccc2)n1)(OC)OC. The average molecular weight is 308 g/mol. The maximum atomic E-state index is 5.38. The molecule has 114 valence electrons.